The molecule has 5 nitrogen and oxygen atoms in total. The van der Waals surface area contributed by atoms with Crippen molar-refractivity contribution in [2.75, 3.05) is 26.2 Å². The second-order valence-corrected chi connectivity index (χ2v) is 9.06. The lowest BCUT2D eigenvalue weighted by molar-refractivity contribution is -0.113. The summed E-state index contributed by atoms with van der Waals surface area (Å²) in [4.78, 5) is 34.6. The minimum atomic E-state index is -0.208. The molecule has 0 aliphatic carbocycles. The van der Waals surface area contributed by atoms with E-state index in [0.29, 0.717) is 51.9 Å². The number of rotatable bonds is 2. The number of carbonyl (C=O) groups excluding carboxylic acids is 2. The fourth-order valence-corrected chi connectivity index (χ4v) is 5.15. The van der Waals surface area contributed by atoms with Crippen LogP contribution in [0.3, 0.4) is 0 Å². The van der Waals surface area contributed by atoms with Crippen LogP contribution in [-0.4, -0.2) is 53.0 Å². The molecule has 2 aliphatic rings. The molecule has 0 atom stereocenters. The van der Waals surface area contributed by atoms with Crippen LogP contribution in [0.15, 0.2) is 45.6 Å². The number of amidine groups is 1. The molecular formula is C19H15Cl2N3O2S2. The Morgan fingerprint density at radius 2 is 1.93 bits per heavy atom. The van der Waals surface area contributed by atoms with Crippen molar-refractivity contribution in [1.29, 1.82) is 0 Å². The molecule has 0 saturated carbocycles. The van der Waals surface area contributed by atoms with Gasteiger partial charge in [-0.05, 0) is 47.5 Å². The number of hydrogen-bond acceptors (Lipinski definition) is 5. The predicted octanol–water partition coefficient (Wildman–Crippen LogP) is 4.48. The minimum Gasteiger partial charge on any atom is -0.347 e. The van der Waals surface area contributed by atoms with Crippen LogP contribution in [-0.2, 0) is 4.79 Å². The van der Waals surface area contributed by atoms with Crippen molar-refractivity contribution < 1.29 is 9.59 Å². The number of piperazine rings is 1. The summed E-state index contributed by atoms with van der Waals surface area (Å²) >= 11 is 15.0. The molecule has 0 radical (unpaired) electrons. The van der Waals surface area contributed by atoms with Gasteiger partial charge in [0.05, 0.1) is 15.5 Å². The van der Waals surface area contributed by atoms with E-state index in [0.717, 1.165) is 4.88 Å². The van der Waals surface area contributed by atoms with Crippen molar-refractivity contribution in [3.8, 4) is 0 Å². The average Bonchev–Trinajstić information content (AvgIpc) is 3.32. The van der Waals surface area contributed by atoms with Crippen molar-refractivity contribution in [3.63, 3.8) is 0 Å². The molecular weight excluding hydrogens is 437 g/mol. The summed E-state index contributed by atoms with van der Waals surface area (Å²) in [6.07, 6.45) is 1.87. The summed E-state index contributed by atoms with van der Waals surface area (Å²) in [5.74, 6) is -0.323. The zero-order chi connectivity index (χ0) is 19.7. The quantitative estimate of drug-likeness (QED) is 0.631. The number of carbonyl (C=O) groups is 2. The van der Waals surface area contributed by atoms with Gasteiger partial charge < -0.3 is 9.80 Å². The van der Waals surface area contributed by atoms with E-state index in [1.165, 1.54) is 11.8 Å². The number of amides is 2. The number of benzene rings is 1. The van der Waals surface area contributed by atoms with Crippen LogP contribution in [0.25, 0.3) is 6.08 Å². The average molecular weight is 452 g/mol. The van der Waals surface area contributed by atoms with Gasteiger partial charge in [-0.25, -0.2) is 0 Å². The zero-order valence-electron chi connectivity index (χ0n) is 14.6. The first-order valence-corrected chi connectivity index (χ1v) is 11.0. The third-order valence-electron chi connectivity index (χ3n) is 4.42. The summed E-state index contributed by atoms with van der Waals surface area (Å²) in [6, 6.07) is 8.80. The Morgan fingerprint density at radius 3 is 2.61 bits per heavy atom. The first-order chi connectivity index (χ1) is 13.5. The van der Waals surface area contributed by atoms with Crippen LogP contribution < -0.4 is 0 Å². The molecule has 144 valence electrons. The van der Waals surface area contributed by atoms with E-state index >= 15 is 0 Å². The second kappa shape index (κ2) is 8.29. The molecule has 1 aromatic heterocycles. The Balaban J connectivity index is 1.39. The monoisotopic (exact) mass is 451 g/mol. The van der Waals surface area contributed by atoms with Crippen molar-refractivity contribution in [3.05, 3.63) is 61.1 Å². The smallest absolute Gasteiger partial charge is 0.286 e. The van der Waals surface area contributed by atoms with Gasteiger partial charge in [0, 0.05) is 36.1 Å². The van der Waals surface area contributed by atoms with Crippen LogP contribution in [0.2, 0.25) is 10.0 Å². The maximum atomic E-state index is 12.7. The minimum absolute atomic E-state index is 0.114. The number of thioether (sulfide) groups is 1. The fourth-order valence-electron chi connectivity index (χ4n) is 2.97. The van der Waals surface area contributed by atoms with E-state index in [1.807, 2.05) is 28.5 Å². The predicted molar refractivity (Wildman–Crippen MR) is 116 cm³/mol. The van der Waals surface area contributed by atoms with E-state index in [4.69, 9.17) is 23.2 Å². The van der Waals surface area contributed by atoms with Crippen molar-refractivity contribution in [2.24, 2.45) is 4.99 Å². The highest BCUT2D eigenvalue weighted by Crippen LogP contribution is 2.31. The largest absolute Gasteiger partial charge is 0.347 e. The number of thiophene rings is 1. The standard InChI is InChI=1S/C19H15Cl2N3O2S2/c20-12-3-4-14(15(21)10-12)18(26)23-5-7-24(8-6-23)19-22-17(25)16(28-19)11-13-2-1-9-27-13/h1-4,9-11H,5-8H2/b16-11+. The molecule has 2 amide bonds. The first kappa shape index (κ1) is 19.5. The summed E-state index contributed by atoms with van der Waals surface area (Å²) in [6.45, 7) is 2.30. The van der Waals surface area contributed by atoms with Gasteiger partial charge >= 0.3 is 0 Å². The van der Waals surface area contributed by atoms with E-state index in [9.17, 15) is 9.59 Å². The number of nitrogens with zero attached hydrogens (tertiary/aromatic N) is 3. The third-order valence-corrected chi connectivity index (χ3v) is 6.84. The summed E-state index contributed by atoms with van der Waals surface area (Å²) in [5, 5.41) is 3.52. The lowest BCUT2D eigenvalue weighted by Crippen LogP contribution is -2.49. The van der Waals surface area contributed by atoms with Gasteiger partial charge in [0.25, 0.3) is 11.8 Å². The molecule has 0 N–H and O–H groups in total. The van der Waals surface area contributed by atoms with E-state index in [-0.39, 0.29) is 11.8 Å². The van der Waals surface area contributed by atoms with E-state index < -0.39 is 0 Å². The Hall–Kier alpha value is -1.80. The Labute approximate surface area is 180 Å². The molecule has 3 heterocycles. The molecule has 1 fully saturated rings. The molecule has 0 unspecified atom stereocenters. The summed E-state index contributed by atoms with van der Waals surface area (Å²) in [7, 11) is 0. The normalized spacial score (nSPS) is 18.7. The van der Waals surface area contributed by atoms with Crippen molar-refractivity contribution in [1.82, 2.24) is 9.80 Å². The van der Waals surface area contributed by atoms with Crippen LogP contribution in [0.1, 0.15) is 15.2 Å². The molecule has 4 rings (SSSR count). The molecule has 2 aliphatic heterocycles. The SMILES string of the molecule is O=C1N=C(N2CCN(C(=O)c3ccc(Cl)cc3Cl)CC2)S/C1=C/c1cccs1. The maximum Gasteiger partial charge on any atom is 0.286 e. The van der Waals surface area contributed by atoms with Crippen LogP contribution in [0.5, 0.6) is 0 Å². The molecule has 28 heavy (non-hydrogen) atoms. The topological polar surface area (TPSA) is 53.0 Å². The number of aliphatic imine (C=N–C) groups is 1. The van der Waals surface area contributed by atoms with Crippen LogP contribution in [0, 0.1) is 0 Å². The lowest BCUT2D eigenvalue weighted by Gasteiger charge is -2.35. The second-order valence-electron chi connectivity index (χ2n) is 6.23. The Kier molecular flexibility index (Phi) is 5.78. The summed E-state index contributed by atoms with van der Waals surface area (Å²) in [5.41, 5.74) is 0.448. The highest BCUT2D eigenvalue weighted by atomic mass is 35.5. The van der Waals surface area contributed by atoms with Gasteiger partial charge in [-0.2, -0.15) is 4.99 Å². The van der Waals surface area contributed by atoms with Gasteiger partial charge in [-0.15, -0.1) is 11.3 Å². The first-order valence-electron chi connectivity index (χ1n) is 8.56. The summed E-state index contributed by atoms with van der Waals surface area (Å²) < 4.78 is 0. The van der Waals surface area contributed by atoms with Gasteiger partial charge in [0.1, 0.15) is 0 Å². The van der Waals surface area contributed by atoms with E-state index in [2.05, 4.69) is 4.99 Å². The lowest BCUT2D eigenvalue weighted by atomic mass is 10.2. The van der Waals surface area contributed by atoms with Gasteiger partial charge in [-0.1, -0.05) is 29.3 Å². The highest BCUT2D eigenvalue weighted by molar-refractivity contribution is 8.18. The molecule has 1 aromatic carbocycles. The Bertz CT molecular complexity index is 981. The highest BCUT2D eigenvalue weighted by Gasteiger charge is 2.30. The molecule has 0 spiro atoms. The fraction of sp³-hybridized carbons (Fsp3) is 0.211. The van der Waals surface area contributed by atoms with Gasteiger partial charge in [0.15, 0.2) is 5.17 Å². The van der Waals surface area contributed by atoms with Gasteiger partial charge in [-0.3, -0.25) is 9.59 Å². The van der Waals surface area contributed by atoms with Gasteiger partial charge in [0.2, 0.25) is 0 Å². The third kappa shape index (κ3) is 4.12. The molecule has 9 heteroatoms. The number of hydrogen-bond donors (Lipinski definition) is 0. The van der Waals surface area contributed by atoms with E-state index in [1.54, 1.807) is 34.4 Å². The molecule has 1 saturated heterocycles. The van der Waals surface area contributed by atoms with Crippen molar-refractivity contribution >= 4 is 69.4 Å². The zero-order valence-corrected chi connectivity index (χ0v) is 17.7. The van der Waals surface area contributed by atoms with Crippen LogP contribution in [0.4, 0.5) is 0 Å². The maximum absolute atomic E-state index is 12.7. The molecule has 2 aromatic rings. The van der Waals surface area contributed by atoms with Crippen LogP contribution >= 0.6 is 46.3 Å². The van der Waals surface area contributed by atoms with Crippen molar-refractivity contribution in [2.45, 2.75) is 0 Å². The molecule has 0 bridgehead atoms. The number of halogens is 2. The Morgan fingerprint density at radius 1 is 1.14 bits per heavy atom.